The van der Waals surface area contributed by atoms with Crippen molar-refractivity contribution in [2.24, 2.45) is 0 Å². The van der Waals surface area contributed by atoms with E-state index < -0.39 is 11.7 Å². The number of likely N-dealkylation sites (tertiary alicyclic amines) is 2. The van der Waals surface area contributed by atoms with Crippen LogP contribution < -0.4 is 0 Å². The van der Waals surface area contributed by atoms with E-state index in [-0.39, 0.29) is 35.7 Å². The molecule has 11 heteroatoms. The molecule has 31 heavy (non-hydrogen) atoms. The van der Waals surface area contributed by atoms with Crippen LogP contribution in [-0.2, 0) is 28.7 Å². The van der Waals surface area contributed by atoms with Crippen LogP contribution >= 0.6 is 11.6 Å². The minimum absolute atomic E-state index is 0.00634. The van der Waals surface area contributed by atoms with Gasteiger partial charge in [0.25, 0.3) is 0 Å². The fraction of sp³-hybridized carbons (Fsp3) is 0.500. The summed E-state index contributed by atoms with van der Waals surface area (Å²) < 4.78 is 40.6. The van der Waals surface area contributed by atoms with Gasteiger partial charge in [0.1, 0.15) is 5.69 Å². The number of carbonyl (C=O) groups excluding carboxylic acids is 2. The Morgan fingerprint density at radius 1 is 1.26 bits per heavy atom. The van der Waals surface area contributed by atoms with Gasteiger partial charge in [0.2, 0.25) is 11.8 Å². The molecule has 0 spiro atoms. The first-order valence-electron chi connectivity index (χ1n) is 10.0. The fourth-order valence-corrected chi connectivity index (χ4v) is 4.04. The summed E-state index contributed by atoms with van der Waals surface area (Å²) in [4.78, 5) is 27.5. The van der Waals surface area contributed by atoms with E-state index in [1.54, 1.807) is 20.7 Å². The van der Waals surface area contributed by atoms with E-state index in [1.807, 2.05) is 0 Å². The Hall–Kier alpha value is -2.62. The number of amides is 2. The van der Waals surface area contributed by atoms with Gasteiger partial charge in [0.15, 0.2) is 0 Å². The van der Waals surface area contributed by atoms with Gasteiger partial charge in [-0.1, -0.05) is 22.9 Å². The van der Waals surface area contributed by atoms with Gasteiger partial charge in [-0.15, -0.1) is 5.10 Å². The number of rotatable bonds is 6. The maximum Gasteiger partial charge on any atom is 0.417 e. The van der Waals surface area contributed by atoms with Gasteiger partial charge in [-0.3, -0.25) is 9.59 Å². The van der Waals surface area contributed by atoms with Gasteiger partial charge in [-0.2, -0.15) is 13.2 Å². The lowest BCUT2D eigenvalue weighted by molar-refractivity contribution is -0.137. The van der Waals surface area contributed by atoms with E-state index in [1.165, 1.54) is 12.1 Å². The number of nitrogens with zero attached hydrogens (tertiary/aromatic N) is 5. The van der Waals surface area contributed by atoms with E-state index in [4.69, 9.17) is 11.6 Å². The third-order valence-corrected chi connectivity index (χ3v) is 5.96. The molecule has 2 amide bonds. The van der Waals surface area contributed by atoms with Crippen LogP contribution in [0.4, 0.5) is 13.2 Å². The lowest BCUT2D eigenvalue weighted by Crippen LogP contribution is -2.51. The van der Waals surface area contributed by atoms with Gasteiger partial charge >= 0.3 is 6.18 Å². The van der Waals surface area contributed by atoms with Crippen molar-refractivity contribution >= 4 is 23.4 Å². The lowest BCUT2D eigenvalue weighted by Gasteiger charge is -2.39. The molecular formula is C20H21ClF3N5O2. The second-order valence-corrected chi connectivity index (χ2v) is 8.28. The van der Waals surface area contributed by atoms with Crippen molar-refractivity contribution in [2.45, 2.75) is 44.4 Å². The molecule has 0 bridgehead atoms. The molecule has 2 saturated heterocycles. The summed E-state index contributed by atoms with van der Waals surface area (Å²) in [7, 11) is 0. The standard InChI is InChI=1S/C20H21ClF3N5O2/c21-17-5-3-13(8-16(17)20(22,23)24)4-6-19(31)28-11-15(12-28)29-10-14(25-26-29)9-27-7-1-2-18(27)30/h3,5,8,10,15H,1-2,4,6-7,9,11-12H2. The van der Waals surface area contributed by atoms with Crippen LogP contribution in [0, 0.1) is 0 Å². The van der Waals surface area contributed by atoms with Gasteiger partial charge < -0.3 is 9.80 Å². The zero-order valence-electron chi connectivity index (χ0n) is 16.6. The molecule has 2 aliphatic heterocycles. The molecule has 2 aliphatic rings. The van der Waals surface area contributed by atoms with Crippen molar-refractivity contribution in [1.82, 2.24) is 24.8 Å². The number of aryl methyl sites for hydroxylation is 1. The van der Waals surface area contributed by atoms with Crippen LogP contribution in [-0.4, -0.2) is 56.2 Å². The van der Waals surface area contributed by atoms with Crippen LogP contribution in [0.1, 0.15) is 42.1 Å². The topological polar surface area (TPSA) is 71.3 Å². The fourth-order valence-electron chi connectivity index (χ4n) is 3.81. The van der Waals surface area contributed by atoms with Crippen LogP contribution in [0.25, 0.3) is 0 Å². The summed E-state index contributed by atoms with van der Waals surface area (Å²) in [6, 6.07) is 3.72. The quantitative estimate of drug-likeness (QED) is 0.671. The molecule has 0 saturated carbocycles. The number of hydrogen-bond acceptors (Lipinski definition) is 4. The SMILES string of the molecule is O=C1CCCN1Cc1cn(C2CN(C(=O)CCc3ccc(Cl)c(C(F)(F)F)c3)C2)nn1. The van der Waals surface area contributed by atoms with E-state index in [2.05, 4.69) is 10.3 Å². The molecule has 2 aromatic rings. The number of hydrogen-bond donors (Lipinski definition) is 0. The third kappa shape index (κ3) is 4.84. The van der Waals surface area contributed by atoms with Crippen molar-refractivity contribution in [1.29, 1.82) is 0 Å². The maximum absolute atomic E-state index is 13.0. The number of benzene rings is 1. The Balaban J connectivity index is 1.26. The lowest BCUT2D eigenvalue weighted by atomic mass is 10.0. The summed E-state index contributed by atoms with van der Waals surface area (Å²) >= 11 is 5.63. The van der Waals surface area contributed by atoms with E-state index in [0.29, 0.717) is 37.3 Å². The first kappa shape index (κ1) is 21.6. The third-order valence-electron chi connectivity index (χ3n) is 5.63. The van der Waals surface area contributed by atoms with Crippen molar-refractivity contribution in [3.63, 3.8) is 0 Å². The maximum atomic E-state index is 13.0. The molecule has 166 valence electrons. The predicted octanol–water partition coefficient (Wildman–Crippen LogP) is 3.09. The molecule has 1 aromatic carbocycles. The van der Waals surface area contributed by atoms with Crippen LogP contribution in [0.3, 0.4) is 0 Å². The zero-order chi connectivity index (χ0) is 22.2. The monoisotopic (exact) mass is 455 g/mol. The largest absolute Gasteiger partial charge is 0.417 e. The highest BCUT2D eigenvalue weighted by atomic mass is 35.5. The van der Waals surface area contributed by atoms with Crippen LogP contribution in [0.2, 0.25) is 5.02 Å². The summed E-state index contributed by atoms with van der Waals surface area (Å²) in [5, 5.41) is 7.86. The van der Waals surface area contributed by atoms with Crippen molar-refractivity contribution in [3.8, 4) is 0 Å². The number of carbonyl (C=O) groups is 2. The molecule has 7 nitrogen and oxygen atoms in total. The summed E-state index contributed by atoms with van der Waals surface area (Å²) in [5.74, 6) is 0.000712. The highest BCUT2D eigenvalue weighted by Gasteiger charge is 2.34. The van der Waals surface area contributed by atoms with Crippen molar-refractivity contribution in [2.75, 3.05) is 19.6 Å². The van der Waals surface area contributed by atoms with Crippen LogP contribution in [0.5, 0.6) is 0 Å². The average molecular weight is 456 g/mol. The minimum Gasteiger partial charge on any atom is -0.338 e. The molecule has 3 heterocycles. The predicted molar refractivity (Wildman–Crippen MR) is 105 cm³/mol. The molecular weight excluding hydrogens is 435 g/mol. The summed E-state index contributed by atoms with van der Waals surface area (Å²) in [6.07, 6.45) is -0.977. The Kier molecular flexibility index (Phi) is 5.92. The zero-order valence-corrected chi connectivity index (χ0v) is 17.4. The second kappa shape index (κ2) is 8.49. The van der Waals surface area contributed by atoms with E-state index in [0.717, 1.165) is 19.0 Å². The first-order valence-corrected chi connectivity index (χ1v) is 10.4. The summed E-state index contributed by atoms with van der Waals surface area (Å²) in [5.41, 5.74) is 0.239. The number of aromatic nitrogens is 3. The highest BCUT2D eigenvalue weighted by Crippen LogP contribution is 2.35. The Morgan fingerprint density at radius 3 is 2.71 bits per heavy atom. The Bertz CT molecular complexity index is 987. The first-order chi connectivity index (χ1) is 14.7. The average Bonchev–Trinajstić information content (AvgIpc) is 3.29. The molecule has 1 aromatic heterocycles. The molecule has 0 radical (unpaired) electrons. The van der Waals surface area contributed by atoms with E-state index in [9.17, 15) is 22.8 Å². The Labute approximate surface area is 181 Å². The van der Waals surface area contributed by atoms with Gasteiger partial charge in [-0.25, -0.2) is 4.68 Å². The molecule has 0 aliphatic carbocycles. The van der Waals surface area contributed by atoms with Crippen molar-refractivity contribution < 1.29 is 22.8 Å². The molecule has 0 atom stereocenters. The van der Waals surface area contributed by atoms with Crippen molar-refractivity contribution in [3.05, 3.63) is 46.2 Å². The number of alkyl halides is 3. The smallest absolute Gasteiger partial charge is 0.338 e. The highest BCUT2D eigenvalue weighted by molar-refractivity contribution is 6.31. The number of halogens is 4. The normalized spacial score (nSPS) is 17.4. The minimum atomic E-state index is -4.53. The van der Waals surface area contributed by atoms with E-state index >= 15 is 0 Å². The summed E-state index contributed by atoms with van der Waals surface area (Å²) in [6.45, 7) is 2.11. The van der Waals surface area contributed by atoms with Crippen LogP contribution in [0.15, 0.2) is 24.4 Å². The van der Waals surface area contributed by atoms with Gasteiger partial charge in [-0.05, 0) is 30.5 Å². The molecule has 0 N–H and O–H groups in total. The molecule has 2 fully saturated rings. The van der Waals surface area contributed by atoms with Gasteiger partial charge in [0.05, 0.1) is 29.4 Å². The second-order valence-electron chi connectivity index (χ2n) is 7.87. The molecule has 0 unspecified atom stereocenters. The Morgan fingerprint density at radius 2 is 2.03 bits per heavy atom. The van der Waals surface area contributed by atoms with Gasteiger partial charge in [0, 0.05) is 32.5 Å². The molecule has 4 rings (SSSR count).